The van der Waals surface area contributed by atoms with E-state index in [0.717, 1.165) is 0 Å². The number of methoxy groups -OCH3 is 1. The molecule has 1 aliphatic heterocycles. The van der Waals surface area contributed by atoms with Crippen molar-refractivity contribution in [3.05, 3.63) is 29.8 Å². The maximum atomic E-state index is 13.0. The van der Waals surface area contributed by atoms with Gasteiger partial charge in [0.15, 0.2) is 0 Å². The maximum Gasteiger partial charge on any atom is 0.337 e. The van der Waals surface area contributed by atoms with Gasteiger partial charge in [0, 0.05) is 17.9 Å². The Balaban J connectivity index is 1.84. The van der Waals surface area contributed by atoms with Crippen LogP contribution in [-0.4, -0.2) is 42.8 Å². The first-order chi connectivity index (χ1) is 12.9. The number of ether oxygens (including phenoxy) is 2. The summed E-state index contributed by atoms with van der Waals surface area (Å²) in [5.41, 5.74) is -2.22. The number of nitrogens with zero attached hydrogens (tertiary/aromatic N) is 1. The molecule has 1 heterocycles. The van der Waals surface area contributed by atoms with Crippen molar-refractivity contribution in [2.75, 3.05) is 14.2 Å². The van der Waals surface area contributed by atoms with Crippen molar-refractivity contribution in [2.45, 2.75) is 40.0 Å². The van der Waals surface area contributed by atoms with E-state index in [1.165, 1.54) is 43.3 Å². The van der Waals surface area contributed by atoms with Gasteiger partial charge in [0.25, 0.3) is 0 Å². The summed E-state index contributed by atoms with van der Waals surface area (Å²) in [6, 6.07) is 6.06. The second-order valence-electron chi connectivity index (χ2n) is 8.79. The zero-order valence-corrected chi connectivity index (χ0v) is 16.8. The van der Waals surface area contributed by atoms with Crippen LogP contribution in [0, 0.1) is 16.2 Å². The highest BCUT2D eigenvalue weighted by Crippen LogP contribution is 2.58. The number of imide groups is 1. The first-order valence-corrected chi connectivity index (χ1v) is 9.17. The van der Waals surface area contributed by atoms with Gasteiger partial charge >= 0.3 is 11.9 Å². The van der Waals surface area contributed by atoms with Gasteiger partial charge < -0.3 is 9.47 Å². The Morgan fingerprint density at radius 2 is 1.43 bits per heavy atom. The molecule has 150 valence electrons. The van der Waals surface area contributed by atoms with Crippen LogP contribution < -0.4 is 4.74 Å². The predicted octanol–water partition coefficient (Wildman–Crippen LogP) is 2.58. The highest BCUT2D eigenvalue weighted by Gasteiger charge is 2.63. The zero-order chi connectivity index (χ0) is 20.9. The minimum atomic E-state index is -0.977. The van der Waals surface area contributed by atoms with E-state index in [1.807, 2.05) is 13.8 Å². The standard InChI is InChI=1S/C21H25NO6/c1-19-10-20(2,17(25)22(4)16(19)24)12-21(3,11-19)18(26)28-14-8-6-13(7-9-14)15(23)27-5/h6-9H,10-12H2,1-5H3. The Bertz CT molecular complexity index is 830. The molecule has 2 bridgehead atoms. The third kappa shape index (κ3) is 3.08. The maximum absolute atomic E-state index is 13.0. The summed E-state index contributed by atoms with van der Waals surface area (Å²) < 4.78 is 10.2. The van der Waals surface area contributed by atoms with Crippen LogP contribution >= 0.6 is 0 Å². The number of carbonyl (C=O) groups is 4. The normalized spacial score (nSPS) is 32.1. The molecular weight excluding hydrogens is 362 g/mol. The number of fused-ring (bicyclic) bond motifs is 2. The number of carbonyl (C=O) groups excluding carboxylic acids is 4. The molecule has 7 heteroatoms. The molecule has 0 aromatic heterocycles. The van der Waals surface area contributed by atoms with Crippen molar-refractivity contribution in [2.24, 2.45) is 16.2 Å². The fourth-order valence-electron chi connectivity index (χ4n) is 5.13. The Morgan fingerprint density at radius 3 is 1.89 bits per heavy atom. The molecule has 1 aromatic carbocycles. The Hall–Kier alpha value is -2.70. The Kier molecular flexibility index (Phi) is 4.60. The number of esters is 2. The number of hydrogen-bond acceptors (Lipinski definition) is 6. The second kappa shape index (κ2) is 6.43. The lowest BCUT2D eigenvalue weighted by molar-refractivity contribution is -0.181. The first-order valence-electron chi connectivity index (χ1n) is 9.17. The largest absolute Gasteiger partial charge is 0.465 e. The van der Waals surface area contributed by atoms with Crippen LogP contribution in [0.1, 0.15) is 50.4 Å². The van der Waals surface area contributed by atoms with Gasteiger partial charge in [0.05, 0.1) is 18.1 Å². The van der Waals surface area contributed by atoms with Crippen molar-refractivity contribution in [1.29, 1.82) is 0 Å². The molecule has 1 aliphatic carbocycles. The molecule has 1 saturated carbocycles. The molecule has 1 aromatic rings. The summed E-state index contributed by atoms with van der Waals surface area (Å²) in [6.07, 6.45) is 1.05. The molecule has 2 unspecified atom stereocenters. The average molecular weight is 387 g/mol. The van der Waals surface area contributed by atoms with E-state index in [2.05, 4.69) is 4.74 Å². The molecule has 2 amide bonds. The highest BCUT2D eigenvalue weighted by molar-refractivity contribution is 6.04. The third-order valence-corrected chi connectivity index (χ3v) is 5.96. The summed E-state index contributed by atoms with van der Waals surface area (Å²) >= 11 is 0. The van der Waals surface area contributed by atoms with Crippen molar-refractivity contribution in [3.63, 3.8) is 0 Å². The fraction of sp³-hybridized carbons (Fsp3) is 0.524. The second-order valence-corrected chi connectivity index (χ2v) is 8.79. The quantitative estimate of drug-likeness (QED) is 0.450. The van der Waals surface area contributed by atoms with Crippen LogP contribution in [0.3, 0.4) is 0 Å². The number of benzene rings is 1. The van der Waals surface area contributed by atoms with E-state index in [-0.39, 0.29) is 11.8 Å². The highest BCUT2D eigenvalue weighted by atomic mass is 16.5. The van der Waals surface area contributed by atoms with E-state index in [4.69, 9.17) is 4.74 Å². The van der Waals surface area contributed by atoms with Crippen LogP contribution in [0.5, 0.6) is 5.75 Å². The van der Waals surface area contributed by atoms with Crippen LogP contribution in [0.15, 0.2) is 24.3 Å². The summed E-state index contributed by atoms with van der Waals surface area (Å²) in [7, 11) is 2.79. The topological polar surface area (TPSA) is 90.0 Å². The molecule has 2 aliphatic rings. The third-order valence-electron chi connectivity index (χ3n) is 5.96. The predicted molar refractivity (Wildman–Crippen MR) is 99.4 cm³/mol. The van der Waals surface area contributed by atoms with Gasteiger partial charge in [-0.15, -0.1) is 0 Å². The molecule has 2 fully saturated rings. The SMILES string of the molecule is COC(=O)c1ccc(OC(=O)C2(C)CC3(C)CC(C)(C2)C(=O)N(C)C3=O)cc1. The monoisotopic (exact) mass is 387 g/mol. The van der Waals surface area contributed by atoms with Gasteiger partial charge in [-0.1, -0.05) is 13.8 Å². The molecule has 0 N–H and O–H groups in total. The lowest BCUT2D eigenvalue weighted by Gasteiger charge is -2.55. The molecule has 7 nitrogen and oxygen atoms in total. The van der Waals surface area contributed by atoms with E-state index >= 15 is 0 Å². The first kappa shape index (κ1) is 20.0. The van der Waals surface area contributed by atoms with E-state index < -0.39 is 28.2 Å². The lowest BCUT2D eigenvalue weighted by Crippen LogP contribution is -2.63. The average Bonchev–Trinajstić information content (AvgIpc) is 2.64. The fourth-order valence-corrected chi connectivity index (χ4v) is 5.13. The molecule has 0 radical (unpaired) electrons. The van der Waals surface area contributed by atoms with Gasteiger partial charge in [0.1, 0.15) is 5.75 Å². The smallest absolute Gasteiger partial charge is 0.337 e. The van der Waals surface area contributed by atoms with Crippen LogP contribution in [-0.2, 0) is 19.1 Å². The summed E-state index contributed by atoms with van der Waals surface area (Å²) in [4.78, 5) is 51.2. The van der Waals surface area contributed by atoms with Gasteiger partial charge in [0.2, 0.25) is 11.8 Å². The van der Waals surface area contributed by atoms with E-state index in [0.29, 0.717) is 30.6 Å². The number of amides is 2. The molecule has 1 saturated heterocycles. The summed E-state index contributed by atoms with van der Waals surface area (Å²) in [5, 5.41) is 0. The van der Waals surface area contributed by atoms with Gasteiger partial charge in [-0.2, -0.15) is 0 Å². The number of rotatable bonds is 3. The van der Waals surface area contributed by atoms with Crippen molar-refractivity contribution in [1.82, 2.24) is 4.90 Å². The van der Waals surface area contributed by atoms with Crippen LogP contribution in [0.2, 0.25) is 0 Å². The Morgan fingerprint density at radius 1 is 0.929 bits per heavy atom. The number of piperidine rings is 1. The minimum absolute atomic E-state index is 0.254. The number of hydrogen-bond donors (Lipinski definition) is 0. The van der Waals surface area contributed by atoms with Gasteiger partial charge in [-0.3, -0.25) is 19.3 Å². The minimum Gasteiger partial charge on any atom is -0.465 e. The molecular formula is C21H25NO6. The number of likely N-dealkylation sites (tertiary alicyclic amines) is 1. The molecule has 0 spiro atoms. The van der Waals surface area contributed by atoms with Gasteiger partial charge in [-0.25, -0.2) is 4.79 Å². The van der Waals surface area contributed by atoms with Crippen molar-refractivity contribution >= 4 is 23.8 Å². The molecule has 28 heavy (non-hydrogen) atoms. The van der Waals surface area contributed by atoms with E-state index in [1.54, 1.807) is 6.92 Å². The summed E-state index contributed by atoms with van der Waals surface area (Å²) in [5.74, 6) is -1.18. The van der Waals surface area contributed by atoms with Crippen molar-refractivity contribution in [3.8, 4) is 5.75 Å². The summed E-state index contributed by atoms with van der Waals surface area (Å²) in [6.45, 7) is 5.37. The lowest BCUT2D eigenvalue weighted by atomic mass is 9.52. The van der Waals surface area contributed by atoms with Crippen LogP contribution in [0.25, 0.3) is 0 Å². The molecule has 2 atom stereocenters. The van der Waals surface area contributed by atoms with Crippen molar-refractivity contribution < 1.29 is 28.7 Å². The zero-order valence-electron chi connectivity index (χ0n) is 16.8. The van der Waals surface area contributed by atoms with E-state index in [9.17, 15) is 19.2 Å². The molecule has 3 rings (SSSR count). The van der Waals surface area contributed by atoms with Crippen LogP contribution in [0.4, 0.5) is 0 Å². The Labute approximate surface area is 164 Å². The van der Waals surface area contributed by atoms with Gasteiger partial charge in [-0.05, 0) is 50.5 Å².